The fraction of sp³-hybridized carbons (Fsp3) is 0.304. The Balaban J connectivity index is 1.78. The number of hydrogen-bond donors (Lipinski definition) is 2. The summed E-state index contributed by atoms with van der Waals surface area (Å²) in [7, 11) is 0. The molecule has 0 atom stereocenters. The number of carbonyl (C=O) groups excluding carboxylic acids is 2. The summed E-state index contributed by atoms with van der Waals surface area (Å²) in [5.74, 6) is -0.553. The number of nitrogens with two attached hydrogens (primary N) is 1. The van der Waals surface area contributed by atoms with Gasteiger partial charge in [0.15, 0.2) is 0 Å². The van der Waals surface area contributed by atoms with Crippen molar-refractivity contribution in [1.82, 2.24) is 15.3 Å². The zero-order valence-electron chi connectivity index (χ0n) is 16.6. The van der Waals surface area contributed by atoms with Crippen LogP contribution in [0, 0.1) is 0 Å². The van der Waals surface area contributed by atoms with Crippen LogP contribution in [0.1, 0.15) is 48.7 Å². The molecular formula is C23H26N4O2. The third-order valence-corrected chi connectivity index (χ3v) is 4.81. The molecule has 3 rings (SSSR count). The van der Waals surface area contributed by atoms with Gasteiger partial charge in [-0.2, -0.15) is 0 Å². The first-order valence-electron chi connectivity index (χ1n) is 9.99. The number of unbranched alkanes of at least 4 members (excludes halogenated alkanes) is 3. The van der Waals surface area contributed by atoms with Crippen LogP contribution in [-0.2, 0) is 11.2 Å². The van der Waals surface area contributed by atoms with Crippen LogP contribution in [0.25, 0.3) is 22.0 Å². The molecule has 0 saturated heterocycles. The first-order valence-corrected chi connectivity index (χ1v) is 9.99. The maximum atomic E-state index is 12.2. The first-order chi connectivity index (χ1) is 14.1. The summed E-state index contributed by atoms with van der Waals surface area (Å²) in [4.78, 5) is 32.4. The van der Waals surface area contributed by atoms with Crippen LogP contribution in [0.3, 0.4) is 0 Å². The second-order valence-corrected chi connectivity index (χ2v) is 7.11. The SMILES string of the molecule is CCCCCCNC(=O)Cc1cccc(-c2cncc3ccc(C(N)=O)nc23)c1. The second-order valence-electron chi connectivity index (χ2n) is 7.11. The lowest BCUT2D eigenvalue weighted by atomic mass is 10.0. The molecule has 29 heavy (non-hydrogen) atoms. The summed E-state index contributed by atoms with van der Waals surface area (Å²) in [6.07, 6.45) is 8.26. The fourth-order valence-corrected chi connectivity index (χ4v) is 3.27. The number of carbonyl (C=O) groups is 2. The van der Waals surface area contributed by atoms with E-state index in [1.165, 1.54) is 12.8 Å². The predicted molar refractivity (Wildman–Crippen MR) is 114 cm³/mol. The van der Waals surface area contributed by atoms with E-state index in [2.05, 4.69) is 22.2 Å². The first kappa shape index (κ1) is 20.5. The summed E-state index contributed by atoms with van der Waals surface area (Å²) >= 11 is 0. The normalized spacial score (nSPS) is 10.8. The Morgan fingerprint density at radius 2 is 1.93 bits per heavy atom. The lowest BCUT2D eigenvalue weighted by Gasteiger charge is -2.09. The fourth-order valence-electron chi connectivity index (χ4n) is 3.27. The summed E-state index contributed by atoms with van der Waals surface area (Å²) in [6.45, 7) is 2.88. The molecule has 2 heterocycles. The van der Waals surface area contributed by atoms with Gasteiger partial charge in [0.1, 0.15) is 5.69 Å². The number of benzene rings is 1. The van der Waals surface area contributed by atoms with E-state index >= 15 is 0 Å². The minimum absolute atomic E-state index is 0.0174. The van der Waals surface area contributed by atoms with Gasteiger partial charge in [-0.05, 0) is 29.7 Å². The van der Waals surface area contributed by atoms with Crippen molar-refractivity contribution in [2.45, 2.75) is 39.0 Å². The average Bonchev–Trinajstić information content (AvgIpc) is 2.73. The zero-order valence-corrected chi connectivity index (χ0v) is 16.6. The molecule has 0 aliphatic carbocycles. The molecule has 150 valence electrons. The van der Waals surface area contributed by atoms with Crippen LogP contribution in [0.4, 0.5) is 0 Å². The minimum atomic E-state index is -0.570. The monoisotopic (exact) mass is 390 g/mol. The van der Waals surface area contributed by atoms with E-state index in [9.17, 15) is 9.59 Å². The molecule has 0 aliphatic heterocycles. The lowest BCUT2D eigenvalue weighted by molar-refractivity contribution is -0.120. The van der Waals surface area contributed by atoms with Crippen molar-refractivity contribution in [2.75, 3.05) is 6.54 Å². The summed E-state index contributed by atoms with van der Waals surface area (Å²) in [5.41, 5.74) is 8.86. The Kier molecular flexibility index (Phi) is 6.89. The average molecular weight is 390 g/mol. The number of hydrogen-bond acceptors (Lipinski definition) is 4. The molecule has 6 heteroatoms. The van der Waals surface area contributed by atoms with Crippen LogP contribution in [0.2, 0.25) is 0 Å². The standard InChI is InChI=1S/C23H26N4O2/c1-2-3-4-5-11-26-21(28)13-16-7-6-8-17(12-16)19-15-25-14-18-9-10-20(23(24)29)27-22(18)19/h6-10,12,14-15H,2-5,11,13H2,1H3,(H2,24,29)(H,26,28). The third kappa shape index (κ3) is 5.38. The number of aromatic nitrogens is 2. The molecular weight excluding hydrogens is 364 g/mol. The van der Waals surface area contributed by atoms with Crippen LogP contribution >= 0.6 is 0 Å². The maximum absolute atomic E-state index is 12.2. The Labute approximate surface area is 170 Å². The van der Waals surface area contributed by atoms with Crippen molar-refractivity contribution in [3.05, 3.63) is 60.0 Å². The van der Waals surface area contributed by atoms with Crippen LogP contribution in [0.5, 0.6) is 0 Å². The Hall–Kier alpha value is -3.28. The van der Waals surface area contributed by atoms with Gasteiger partial charge >= 0.3 is 0 Å². The predicted octanol–water partition coefficient (Wildman–Crippen LogP) is 3.63. The van der Waals surface area contributed by atoms with Crippen molar-refractivity contribution < 1.29 is 9.59 Å². The highest BCUT2D eigenvalue weighted by Gasteiger charge is 2.11. The lowest BCUT2D eigenvalue weighted by Crippen LogP contribution is -2.26. The Morgan fingerprint density at radius 3 is 2.72 bits per heavy atom. The molecule has 0 unspecified atom stereocenters. The molecule has 2 aromatic heterocycles. The summed E-state index contributed by atoms with van der Waals surface area (Å²) < 4.78 is 0. The third-order valence-electron chi connectivity index (χ3n) is 4.81. The number of rotatable bonds is 9. The Morgan fingerprint density at radius 1 is 1.07 bits per heavy atom. The van der Waals surface area contributed by atoms with E-state index < -0.39 is 5.91 Å². The van der Waals surface area contributed by atoms with Gasteiger partial charge in [0, 0.05) is 29.9 Å². The quantitative estimate of drug-likeness (QED) is 0.545. The summed E-state index contributed by atoms with van der Waals surface area (Å²) in [6, 6.07) is 11.1. The molecule has 1 aromatic carbocycles. The molecule has 2 amide bonds. The van der Waals surface area contributed by atoms with E-state index in [-0.39, 0.29) is 11.6 Å². The number of nitrogens with zero attached hydrogens (tertiary/aromatic N) is 2. The van der Waals surface area contributed by atoms with Gasteiger partial charge < -0.3 is 11.1 Å². The van der Waals surface area contributed by atoms with Gasteiger partial charge in [0.25, 0.3) is 5.91 Å². The number of nitrogens with one attached hydrogen (secondary N) is 1. The molecule has 3 aromatic rings. The molecule has 0 bridgehead atoms. The highest BCUT2D eigenvalue weighted by Crippen LogP contribution is 2.27. The van der Waals surface area contributed by atoms with Crippen molar-refractivity contribution in [2.24, 2.45) is 5.73 Å². The smallest absolute Gasteiger partial charge is 0.267 e. The molecule has 0 spiro atoms. The van der Waals surface area contributed by atoms with E-state index in [1.807, 2.05) is 24.3 Å². The van der Waals surface area contributed by atoms with Crippen LogP contribution in [0.15, 0.2) is 48.8 Å². The van der Waals surface area contributed by atoms with Crippen molar-refractivity contribution in [3.63, 3.8) is 0 Å². The molecule has 0 saturated carbocycles. The van der Waals surface area contributed by atoms with Gasteiger partial charge in [0.2, 0.25) is 5.91 Å². The van der Waals surface area contributed by atoms with Crippen LogP contribution < -0.4 is 11.1 Å². The number of amides is 2. The largest absolute Gasteiger partial charge is 0.364 e. The highest BCUT2D eigenvalue weighted by atomic mass is 16.2. The van der Waals surface area contributed by atoms with E-state index in [0.717, 1.165) is 34.9 Å². The Bertz CT molecular complexity index is 1020. The van der Waals surface area contributed by atoms with Gasteiger partial charge in [0.05, 0.1) is 11.9 Å². The van der Waals surface area contributed by atoms with E-state index in [1.54, 1.807) is 24.5 Å². The molecule has 3 N–H and O–H groups in total. The van der Waals surface area contributed by atoms with Gasteiger partial charge in [-0.25, -0.2) is 4.98 Å². The van der Waals surface area contributed by atoms with Gasteiger partial charge in [-0.3, -0.25) is 14.6 Å². The number of fused-ring (bicyclic) bond motifs is 1. The van der Waals surface area contributed by atoms with Crippen molar-refractivity contribution in [1.29, 1.82) is 0 Å². The topological polar surface area (TPSA) is 98.0 Å². The van der Waals surface area contributed by atoms with E-state index in [0.29, 0.717) is 18.5 Å². The molecule has 0 fully saturated rings. The number of primary amides is 1. The minimum Gasteiger partial charge on any atom is -0.364 e. The van der Waals surface area contributed by atoms with E-state index in [4.69, 9.17) is 5.73 Å². The van der Waals surface area contributed by atoms with Crippen molar-refractivity contribution in [3.8, 4) is 11.1 Å². The highest BCUT2D eigenvalue weighted by molar-refractivity contribution is 5.97. The molecule has 6 nitrogen and oxygen atoms in total. The maximum Gasteiger partial charge on any atom is 0.267 e. The zero-order chi connectivity index (χ0) is 20.6. The van der Waals surface area contributed by atoms with Crippen LogP contribution in [-0.4, -0.2) is 28.3 Å². The number of pyridine rings is 2. The summed E-state index contributed by atoms with van der Waals surface area (Å²) in [5, 5.41) is 3.81. The second kappa shape index (κ2) is 9.78. The van der Waals surface area contributed by atoms with Gasteiger partial charge in [-0.15, -0.1) is 0 Å². The molecule has 0 radical (unpaired) electrons. The van der Waals surface area contributed by atoms with Gasteiger partial charge in [-0.1, -0.05) is 50.5 Å². The van der Waals surface area contributed by atoms with Crippen molar-refractivity contribution >= 4 is 22.7 Å². The molecule has 0 aliphatic rings.